The first-order chi connectivity index (χ1) is 9.58. The van der Waals surface area contributed by atoms with Gasteiger partial charge in [-0.25, -0.2) is 4.63 Å². The molecule has 0 saturated carbocycles. The van der Waals surface area contributed by atoms with Crippen LogP contribution >= 0.6 is 0 Å². The molecule has 8 heteroatoms. The third kappa shape index (κ3) is 3.10. The smallest absolute Gasteiger partial charge is 0.199 e. The van der Waals surface area contributed by atoms with Gasteiger partial charge in [0.15, 0.2) is 17.3 Å². The second-order valence-electron chi connectivity index (χ2n) is 4.21. The van der Waals surface area contributed by atoms with Gasteiger partial charge in [-0.3, -0.25) is 0 Å². The second-order valence-corrected chi connectivity index (χ2v) is 4.21. The molecule has 1 aromatic carbocycles. The molecule has 0 saturated heterocycles. The molecule has 0 aliphatic rings. The van der Waals surface area contributed by atoms with E-state index < -0.39 is 0 Å². The summed E-state index contributed by atoms with van der Waals surface area (Å²) in [5, 5.41) is 14.6. The quantitative estimate of drug-likeness (QED) is 0.474. The summed E-state index contributed by atoms with van der Waals surface area (Å²) in [6, 6.07) is 7.81. The Hall–Kier alpha value is -2.90. The van der Waals surface area contributed by atoms with E-state index in [0.717, 1.165) is 11.3 Å². The fraction of sp³-hybridized carbons (Fsp3) is 0.167. The summed E-state index contributed by atoms with van der Waals surface area (Å²) in [6.07, 6.45) is 1.58. The van der Waals surface area contributed by atoms with Crippen LogP contribution in [0, 0.1) is 0 Å². The van der Waals surface area contributed by atoms with E-state index in [-0.39, 0.29) is 17.3 Å². The lowest BCUT2D eigenvalue weighted by Crippen LogP contribution is -2.15. The van der Waals surface area contributed by atoms with Crippen molar-refractivity contribution in [3.8, 4) is 0 Å². The van der Waals surface area contributed by atoms with Crippen molar-refractivity contribution >= 4 is 23.6 Å². The summed E-state index contributed by atoms with van der Waals surface area (Å²) in [5.41, 5.74) is 13.3. The summed E-state index contributed by atoms with van der Waals surface area (Å²) >= 11 is 0. The Kier molecular flexibility index (Phi) is 3.94. The van der Waals surface area contributed by atoms with E-state index in [1.807, 2.05) is 43.3 Å². The van der Waals surface area contributed by atoms with Crippen LogP contribution in [0.3, 0.4) is 0 Å². The highest BCUT2D eigenvalue weighted by Gasteiger charge is 2.09. The van der Waals surface area contributed by atoms with E-state index in [4.69, 9.17) is 11.5 Å². The minimum atomic E-state index is 0.0462. The van der Waals surface area contributed by atoms with Crippen LogP contribution in [0.15, 0.2) is 39.1 Å². The van der Waals surface area contributed by atoms with Crippen molar-refractivity contribution in [2.75, 3.05) is 24.7 Å². The van der Waals surface area contributed by atoms with Crippen LogP contribution in [0.1, 0.15) is 11.3 Å². The molecule has 0 amide bonds. The van der Waals surface area contributed by atoms with Gasteiger partial charge >= 0.3 is 0 Å². The Labute approximate surface area is 115 Å². The van der Waals surface area contributed by atoms with Crippen LogP contribution in [0.25, 0.3) is 0 Å². The fourth-order valence-electron chi connectivity index (χ4n) is 1.44. The lowest BCUT2D eigenvalue weighted by Gasteiger charge is -2.11. The van der Waals surface area contributed by atoms with Crippen LogP contribution < -0.4 is 16.4 Å². The fourth-order valence-corrected chi connectivity index (χ4v) is 1.44. The molecule has 0 bridgehead atoms. The number of benzene rings is 1. The normalized spacial score (nSPS) is 12.0. The van der Waals surface area contributed by atoms with Gasteiger partial charge in [0, 0.05) is 19.8 Å². The number of amidine groups is 1. The van der Waals surface area contributed by atoms with Gasteiger partial charge in [-0.05, 0) is 28.0 Å². The summed E-state index contributed by atoms with van der Waals surface area (Å²) in [5.74, 6) is 0.127. The molecule has 1 aromatic heterocycles. The van der Waals surface area contributed by atoms with Crippen molar-refractivity contribution in [1.82, 2.24) is 10.3 Å². The zero-order valence-electron chi connectivity index (χ0n) is 11.2. The molecule has 0 spiro atoms. The van der Waals surface area contributed by atoms with Gasteiger partial charge in [-0.1, -0.05) is 12.1 Å². The number of hydrogen-bond acceptors (Lipinski definition) is 7. The molecule has 0 fully saturated rings. The van der Waals surface area contributed by atoms with Gasteiger partial charge in [0.2, 0.25) is 0 Å². The zero-order valence-corrected chi connectivity index (χ0v) is 11.2. The molecule has 8 nitrogen and oxygen atoms in total. The maximum absolute atomic E-state index is 5.66. The molecular weight excluding hydrogens is 258 g/mol. The lowest BCUT2D eigenvalue weighted by molar-refractivity contribution is 0.308. The van der Waals surface area contributed by atoms with Gasteiger partial charge < -0.3 is 16.4 Å². The van der Waals surface area contributed by atoms with Crippen molar-refractivity contribution in [2.45, 2.75) is 0 Å². The Morgan fingerprint density at radius 3 is 2.50 bits per heavy atom. The second kappa shape index (κ2) is 5.83. The van der Waals surface area contributed by atoms with Crippen LogP contribution in [-0.4, -0.2) is 36.5 Å². The summed E-state index contributed by atoms with van der Waals surface area (Å²) in [7, 11) is 3.95. The van der Waals surface area contributed by atoms with Crippen LogP contribution in [-0.2, 0) is 0 Å². The van der Waals surface area contributed by atoms with E-state index in [1.54, 1.807) is 6.21 Å². The summed E-state index contributed by atoms with van der Waals surface area (Å²) in [6.45, 7) is 0. The van der Waals surface area contributed by atoms with Crippen molar-refractivity contribution < 1.29 is 4.63 Å². The first-order valence-corrected chi connectivity index (χ1v) is 5.80. The van der Waals surface area contributed by atoms with Gasteiger partial charge in [0.25, 0.3) is 0 Å². The minimum absolute atomic E-state index is 0.0462. The maximum atomic E-state index is 5.66. The molecule has 0 radical (unpaired) electrons. The van der Waals surface area contributed by atoms with E-state index in [0.29, 0.717) is 0 Å². The first-order valence-electron chi connectivity index (χ1n) is 5.80. The predicted octanol–water partition coefficient (Wildman–Crippen LogP) is 0.457. The van der Waals surface area contributed by atoms with Crippen molar-refractivity contribution in [2.24, 2.45) is 15.9 Å². The van der Waals surface area contributed by atoms with Gasteiger partial charge in [0.1, 0.15) is 0 Å². The van der Waals surface area contributed by atoms with Crippen molar-refractivity contribution in [1.29, 1.82) is 0 Å². The highest BCUT2D eigenvalue weighted by molar-refractivity contribution is 5.99. The first kappa shape index (κ1) is 13.5. The number of nitrogen functional groups attached to an aromatic ring is 1. The Balaban J connectivity index is 2.08. The molecule has 20 heavy (non-hydrogen) atoms. The number of aromatic nitrogens is 2. The summed E-state index contributed by atoms with van der Waals surface area (Å²) in [4.78, 5) is 2.01. The van der Waals surface area contributed by atoms with Crippen LogP contribution in [0.5, 0.6) is 0 Å². The number of anilines is 2. The van der Waals surface area contributed by atoms with Crippen molar-refractivity contribution in [3.63, 3.8) is 0 Å². The Morgan fingerprint density at radius 1 is 1.25 bits per heavy atom. The van der Waals surface area contributed by atoms with Gasteiger partial charge in [-0.2, -0.15) is 5.10 Å². The number of rotatable bonds is 4. The van der Waals surface area contributed by atoms with Gasteiger partial charge in [0.05, 0.1) is 6.21 Å². The van der Waals surface area contributed by atoms with E-state index >= 15 is 0 Å². The third-order valence-corrected chi connectivity index (χ3v) is 2.54. The molecule has 104 valence electrons. The molecule has 1 heterocycles. The molecule has 0 atom stereocenters. The minimum Gasteiger partial charge on any atom is -0.380 e. The Morgan fingerprint density at radius 2 is 1.95 bits per heavy atom. The average molecular weight is 273 g/mol. The monoisotopic (exact) mass is 273 g/mol. The van der Waals surface area contributed by atoms with Crippen LogP contribution in [0.4, 0.5) is 11.5 Å². The van der Waals surface area contributed by atoms with Gasteiger partial charge in [-0.15, -0.1) is 5.10 Å². The largest absolute Gasteiger partial charge is 0.380 e. The van der Waals surface area contributed by atoms with E-state index in [1.165, 1.54) is 0 Å². The predicted molar refractivity (Wildman–Crippen MR) is 77.8 cm³/mol. The zero-order chi connectivity index (χ0) is 14.5. The molecule has 4 N–H and O–H groups in total. The molecule has 2 aromatic rings. The molecule has 0 aliphatic heterocycles. The highest BCUT2D eigenvalue weighted by atomic mass is 16.6. The molecule has 2 rings (SSSR count). The molecule has 0 unspecified atom stereocenters. The third-order valence-electron chi connectivity index (χ3n) is 2.54. The Bertz CT molecular complexity index is 628. The number of hydrogen-bond donors (Lipinski definition) is 2. The van der Waals surface area contributed by atoms with E-state index in [2.05, 4.69) is 25.1 Å². The van der Waals surface area contributed by atoms with E-state index in [9.17, 15) is 0 Å². The summed E-state index contributed by atoms with van der Waals surface area (Å²) < 4.78 is 4.42. The molecule has 0 aliphatic carbocycles. The van der Waals surface area contributed by atoms with Crippen molar-refractivity contribution in [3.05, 3.63) is 35.5 Å². The number of nitrogens with zero attached hydrogens (tertiary/aromatic N) is 5. The number of nitrogens with two attached hydrogens (primary N) is 2. The standard InChI is InChI=1S/C12H15N7O/c1-19(2)9-5-3-8(4-6-9)7-15-16-11(13)10-12(14)18-20-17-10/h3-7H,1-2H3,(H2,13,16)(H2,14,18)/b15-7+. The van der Waals surface area contributed by atoms with Crippen LogP contribution in [0.2, 0.25) is 0 Å². The average Bonchev–Trinajstić information content (AvgIpc) is 2.85. The molecular formula is C12H15N7O. The maximum Gasteiger partial charge on any atom is 0.199 e. The highest BCUT2D eigenvalue weighted by Crippen LogP contribution is 2.11. The SMILES string of the molecule is CN(C)c1ccc(/C=N/N=C(\N)c2nonc2N)cc1. The lowest BCUT2D eigenvalue weighted by atomic mass is 10.2. The topological polar surface area (TPSA) is 119 Å².